The molecule has 2 atom stereocenters. The van der Waals surface area contributed by atoms with E-state index in [1.807, 2.05) is 35.2 Å². The fraction of sp³-hybridized carbons (Fsp3) is 0.682. The summed E-state index contributed by atoms with van der Waals surface area (Å²) in [6, 6.07) is 9.67. The van der Waals surface area contributed by atoms with Crippen LogP contribution in [0.4, 0.5) is 0 Å². The number of likely N-dealkylation sites (tertiary alicyclic amines) is 2. The Morgan fingerprint density at radius 1 is 1.19 bits per heavy atom. The number of benzene rings is 1. The van der Waals surface area contributed by atoms with Crippen LogP contribution in [-0.4, -0.2) is 61.1 Å². The molecule has 0 N–H and O–H groups in total. The van der Waals surface area contributed by atoms with Gasteiger partial charge in [0, 0.05) is 31.7 Å². The number of ether oxygens (including phenoxy) is 1. The third-order valence-electron chi connectivity index (χ3n) is 6.62. The fourth-order valence-corrected chi connectivity index (χ4v) is 5.05. The first-order chi connectivity index (χ1) is 12.6. The number of hydrogen-bond acceptors (Lipinski definition) is 3. The summed E-state index contributed by atoms with van der Waals surface area (Å²) in [6.45, 7) is 8.54. The SMILES string of the molecule is C[C@@H]1CCCN(C[C@@H]2CC3(CCN(C(=O)c4ccccc4)CC3)CO2)C1. The van der Waals surface area contributed by atoms with Crippen LogP contribution >= 0.6 is 0 Å². The first kappa shape index (κ1) is 18.0. The van der Waals surface area contributed by atoms with Gasteiger partial charge in [-0.15, -0.1) is 0 Å². The lowest BCUT2D eigenvalue weighted by Crippen LogP contribution is -2.44. The zero-order valence-electron chi connectivity index (χ0n) is 16.0. The van der Waals surface area contributed by atoms with Crippen LogP contribution in [0.2, 0.25) is 0 Å². The molecule has 0 unspecified atom stereocenters. The number of carbonyl (C=O) groups is 1. The molecule has 0 saturated carbocycles. The quantitative estimate of drug-likeness (QED) is 0.832. The molecule has 3 aliphatic rings. The van der Waals surface area contributed by atoms with E-state index in [-0.39, 0.29) is 5.91 Å². The molecular formula is C22H32N2O2. The molecule has 26 heavy (non-hydrogen) atoms. The van der Waals surface area contributed by atoms with Gasteiger partial charge in [0.1, 0.15) is 0 Å². The number of amides is 1. The Morgan fingerprint density at radius 3 is 2.69 bits per heavy atom. The number of hydrogen-bond donors (Lipinski definition) is 0. The van der Waals surface area contributed by atoms with Crippen molar-refractivity contribution >= 4 is 5.91 Å². The van der Waals surface area contributed by atoms with Crippen LogP contribution in [-0.2, 0) is 4.74 Å². The molecule has 3 saturated heterocycles. The molecule has 4 nitrogen and oxygen atoms in total. The van der Waals surface area contributed by atoms with Gasteiger partial charge in [0.2, 0.25) is 0 Å². The van der Waals surface area contributed by atoms with E-state index < -0.39 is 0 Å². The maximum Gasteiger partial charge on any atom is 0.253 e. The van der Waals surface area contributed by atoms with E-state index in [0.29, 0.717) is 11.5 Å². The van der Waals surface area contributed by atoms with Crippen molar-refractivity contribution in [2.24, 2.45) is 11.3 Å². The second-order valence-corrected chi connectivity index (χ2v) is 8.80. The van der Waals surface area contributed by atoms with Gasteiger partial charge in [-0.25, -0.2) is 0 Å². The van der Waals surface area contributed by atoms with E-state index in [4.69, 9.17) is 4.74 Å². The summed E-state index contributed by atoms with van der Waals surface area (Å²) in [5.41, 5.74) is 1.11. The molecule has 3 aliphatic heterocycles. The summed E-state index contributed by atoms with van der Waals surface area (Å²) in [5, 5.41) is 0. The van der Waals surface area contributed by atoms with Gasteiger partial charge >= 0.3 is 0 Å². The average molecular weight is 357 g/mol. The maximum absolute atomic E-state index is 12.6. The fourth-order valence-electron chi connectivity index (χ4n) is 5.05. The van der Waals surface area contributed by atoms with Crippen molar-refractivity contribution in [1.29, 1.82) is 0 Å². The topological polar surface area (TPSA) is 32.8 Å². The van der Waals surface area contributed by atoms with Gasteiger partial charge in [0.25, 0.3) is 5.91 Å². The van der Waals surface area contributed by atoms with E-state index in [1.165, 1.54) is 32.4 Å². The van der Waals surface area contributed by atoms with Gasteiger partial charge in [0.15, 0.2) is 0 Å². The van der Waals surface area contributed by atoms with Crippen molar-refractivity contribution in [2.75, 3.05) is 39.3 Å². The van der Waals surface area contributed by atoms with Crippen LogP contribution in [0.15, 0.2) is 30.3 Å². The van der Waals surface area contributed by atoms with Crippen molar-refractivity contribution < 1.29 is 9.53 Å². The molecule has 0 aliphatic carbocycles. The Labute approximate surface area is 157 Å². The van der Waals surface area contributed by atoms with Crippen molar-refractivity contribution in [3.63, 3.8) is 0 Å². The molecule has 3 heterocycles. The minimum Gasteiger partial charge on any atom is -0.376 e. The minimum atomic E-state index is 0.179. The van der Waals surface area contributed by atoms with Crippen molar-refractivity contribution in [1.82, 2.24) is 9.80 Å². The standard InChI is InChI=1S/C22H32N2O2/c1-18-6-5-11-23(15-18)16-20-14-22(17-26-20)9-12-24(13-10-22)21(25)19-7-3-2-4-8-19/h2-4,7-8,18,20H,5-6,9-17H2,1H3/t18-,20+/m1/s1. The van der Waals surface area contributed by atoms with Crippen molar-refractivity contribution in [3.05, 3.63) is 35.9 Å². The molecule has 142 valence electrons. The van der Waals surface area contributed by atoms with Gasteiger partial charge in [0.05, 0.1) is 12.7 Å². The highest BCUT2D eigenvalue weighted by Crippen LogP contribution is 2.42. The number of rotatable bonds is 3. The lowest BCUT2D eigenvalue weighted by atomic mass is 9.76. The molecule has 1 aromatic rings. The summed E-state index contributed by atoms with van der Waals surface area (Å²) in [7, 11) is 0. The molecular weight excluding hydrogens is 324 g/mol. The second-order valence-electron chi connectivity index (χ2n) is 8.80. The predicted molar refractivity (Wildman–Crippen MR) is 103 cm³/mol. The lowest BCUT2D eigenvalue weighted by molar-refractivity contribution is 0.0402. The Balaban J connectivity index is 1.28. The Morgan fingerprint density at radius 2 is 1.96 bits per heavy atom. The Kier molecular flexibility index (Phi) is 5.32. The smallest absolute Gasteiger partial charge is 0.253 e. The largest absolute Gasteiger partial charge is 0.376 e. The third kappa shape index (κ3) is 3.96. The Hall–Kier alpha value is -1.39. The van der Waals surface area contributed by atoms with Crippen molar-refractivity contribution in [2.45, 2.75) is 45.1 Å². The maximum atomic E-state index is 12.6. The van der Waals surface area contributed by atoms with E-state index in [0.717, 1.165) is 50.6 Å². The molecule has 0 bridgehead atoms. The van der Waals surface area contributed by atoms with Crippen LogP contribution < -0.4 is 0 Å². The molecule has 1 amide bonds. The van der Waals surface area contributed by atoms with E-state index >= 15 is 0 Å². The number of piperidine rings is 2. The zero-order chi connectivity index (χ0) is 18.0. The Bertz CT molecular complexity index is 610. The number of carbonyl (C=O) groups excluding carboxylic acids is 1. The van der Waals surface area contributed by atoms with Crippen LogP contribution in [0.5, 0.6) is 0 Å². The second kappa shape index (κ2) is 7.69. The average Bonchev–Trinajstić information content (AvgIpc) is 3.04. The monoisotopic (exact) mass is 356 g/mol. The summed E-state index contributed by atoms with van der Waals surface area (Å²) in [6.07, 6.45) is 6.42. The number of nitrogens with zero attached hydrogens (tertiary/aromatic N) is 2. The molecule has 0 radical (unpaired) electrons. The van der Waals surface area contributed by atoms with E-state index in [9.17, 15) is 4.79 Å². The highest BCUT2D eigenvalue weighted by molar-refractivity contribution is 5.94. The van der Waals surface area contributed by atoms with Crippen LogP contribution in [0.25, 0.3) is 0 Å². The van der Waals surface area contributed by atoms with Crippen LogP contribution in [0, 0.1) is 11.3 Å². The summed E-state index contributed by atoms with van der Waals surface area (Å²) in [4.78, 5) is 17.3. The van der Waals surface area contributed by atoms with Gasteiger partial charge in [-0.2, -0.15) is 0 Å². The molecule has 1 spiro atoms. The highest BCUT2D eigenvalue weighted by Gasteiger charge is 2.43. The van der Waals surface area contributed by atoms with Gasteiger partial charge in [-0.05, 0) is 62.1 Å². The van der Waals surface area contributed by atoms with E-state index in [2.05, 4.69) is 11.8 Å². The van der Waals surface area contributed by atoms with Gasteiger partial charge in [-0.1, -0.05) is 25.1 Å². The summed E-state index contributed by atoms with van der Waals surface area (Å²) < 4.78 is 6.22. The molecule has 3 fully saturated rings. The lowest BCUT2D eigenvalue weighted by Gasteiger charge is -2.38. The zero-order valence-corrected chi connectivity index (χ0v) is 16.0. The first-order valence-electron chi connectivity index (χ1n) is 10.3. The van der Waals surface area contributed by atoms with Gasteiger partial charge in [-0.3, -0.25) is 4.79 Å². The van der Waals surface area contributed by atoms with Crippen LogP contribution in [0.1, 0.15) is 49.4 Å². The van der Waals surface area contributed by atoms with Crippen molar-refractivity contribution in [3.8, 4) is 0 Å². The summed E-state index contributed by atoms with van der Waals surface area (Å²) in [5.74, 6) is 1.00. The van der Waals surface area contributed by atoms with Gasteiger partial charge < -0.3 is 14.5 Å². The highest BCUT2D eigenvalue weighted by atomic mass is 16.5. The van der Waals surface area contributed by atoms with E-state index in [1.54, 1.807) is 0 Å². The van der Waals surface area contributed by atoms with Crippen LogP contribution in [0.3, 0.4) is 0 Å². The molecule has 4 heteroatoms. The normalized spacial score (nSPS) is 29.2. The minimum absolute atomic E-state index is 0.179. The third-order valence-corrected chi connectivity index (χ3v) is 6.62. The first-order valence-corrected chi connectivity index (χ1v) is 10.3. The molecule has 4 rings (SSSR count). The summed E-state index contributed by atoms with van der Waals surface area (Å²) >= 11 is 0. The molecule has 0 aromatic heterocycles. The molecule has 1 aromatic carbocycles. The predicted octanol–water partition coefficient (Wildman–Crippen LogP) is 3.43.